The van der Waals surface area contributed by atoms with Crippen molar-refractivity contribution in [2.24, 2.45) is 7.05 Å². The number of thiophene rings is 1. The van der Waals surface area contributed by atoms with Gasteiger partial charge in [-0.1, -0.05) is 23.2 Å². The summed E-state index contributed by atoms with van der Waals surface area (Å²) in [5.41, 5.74) is 1.48. The molecule has 2 aromatic heterocycles. The van der Waals surface area contributed by atoms with Crippen LogP contribution in [0.25, 0.3) is 10.2 Å². The Bertz CT molecular complexity index is 799. The number of aryl methyl sites for hydroxylation is 2. The van der Waals surface area contributed by atoms with Gasteiger partial charge >= 0.3 is 0 Å². The summed E-state index contributed by atoms with van der Waals surface area (Å²) in [5, 5.41) is 9.08. The molecule has 0 bridgehead atoms. The number of rotatable bonds is 2. The van der Waals surface area contributed by atoms with Gasteiger partial charge in [0.15, 0.2) is 0 Å². The molecule has 4 nitrogen and oxygen atoms in total. The Hall–Kier alpha value is -1.56. The van der Waals surface area contributed by atoms with Crippen LogP contribution in [0.4, 0.5) is 5.69 Å². The van der Waals surface area contributed by atoms with Gasteiger partial charge in [0.1, 0.15) is 4.83 Å². The zero-order chi connectivity index (χ0) is 15.1. The summed E-state index contributed by atoms with van der Waals surface area (Å²) in [7, 11) is 1.87. The first-order chi connectivity index (χ1) is 9.94. The summed E-state index contributed by atoms with van der Waals surface area (Å²) < 4.78 is 1.78. The highest BCUT2D eigenvalue weighted by molar-refractivity contribution is 7.20. The lowest BCUT2D eigenvalue weighted by molar-refractivity contribution is 0.103. The van der Waals surface area contributed by atoms with E-state index in [4.69, 9.17) is 23.2 Å². The molecule has 0 spiro atoms. The maximum Gasteiger partial charge on any atom is 0.265 e. The number of hydrogen-bond acceptors (Lipinski definition) is 3. The van der Waals surface area contributed by atoms with E-state index in [-0.39, 0.29) is 5.91 Å². The van der Waals surface area contributed by atoms with E-state index < -0.39 is 0 Å². The second kappa shape index (κ2) is 5.33. The van der Waals surface area contributed by atoms with Gasteiger partial charge in [0.2, 0.25) is 0 Å². The van der Waals surface area contributed by atoms with Gasteiger partial charge in [0, 0.05) is 28.2 Å². The Labute approximate surface area is 135 Å². The molecule has 0 unspecified atom stereocenters. The number of halogens is 2. The van der Waals surface area contributed by atoms with Gasteiger partial charge in [0.05, 0.1) is 10.6 Å². The number of carbonyl (C=O) groups excluding carboxylic acids is 1. The molecule has 0 radical (unpaired) electrons. The number of anilines is 1. The molecule has 3 rings (SSSR count). The Kier molecular flexibility index (Phi) is 3.65. The molecule has 0 aliphatic heterocycles. The smallest absolute Gasteiger partial charge is 0.265 e. The van der Waals surface area contributed by atoms with Gasteiger partial charge in [-0.3, -0.25) is 9.48 Å². The quantitative estimate of drug-likeness (QED) is 0.746. The Morgan fingerprint density at radius 2 is 1.90 bits per heavy atom. The molecule has 2 heterocycles. The van der Waals surface area contributed by atoms with E-state index in [0.717, 1.165) is 15.9 Å². The van der Waals surface area contributed by atoms with E-state index in [9.17, 15) is 4.79 Å². The molecular formula is C14H11Cl2N3OS. The minimum absolute atomic E-state index is 0.186. The van der Waals surface area contributed by atoms with Crippen LogP contribution in [-0.4, -0.2) is 15.7 Å². The Balaban J connectivity index is 1.91. The predicted molar refractivity (Wildman–Crippen MR) is 87.7 cm³/mol. The predicted octanol–water partition coefficient (Wildman–Crippen LogP) is 4.50. The minimum atomic E-state index is -0.186. The van der Waals surface area contributed by atoms with E-state index in [0.29, 0.717) is 20.6 Å². The van der Waals surface area contributed by atoms with Crippen molar-refractivity contribution in [2.75, 3.05) is 5.32 Å². The maximum absolute atomic E-state index is 12.3. The third kappa shape index (κ3) is 2.77. The van der Waals surface area contributed by atoms with Crippen LogP contribution in [0.1, 0.15) is 15.4 Å². The van der Waals surface area contributed by atoms with Crippen molar-refractivity contribution in [1.82, 2.24) is 9.78 Å². The van der Waals surface area contributed by atoms with Gasteiger partial charge < -0.3 is 5.32 Å². The number of benzene rings is 1. The van der Waals surface area contributed by atoms with Gasteiger partial charge in [0.25, 0.3) is 5.91 Å². The molecular weight excluding hydrogens is 329 g/mol. The summed E-state index contributed by atoms with van der Waals surface area (Å²) in [4.78, 5) is 13.9. The second-order valence-corrected chi connectivity index (χ2v) is 6.55. The van der Waals surface area contributed by atoms with E-state index in [1.807, 2.05) is 20.0 Å². The third-order valence-corrected chi connectivity index (χ3v) is 4.68. The number of nitrogens with one attached hydrogen (secondary N) is 1. The van der Waals surface area contributed by atoms with E-state index >= 15 is 0 Å². The lowest BCUT2D eigenvalue weighted by Crippen LogP contribution is -2.10. The molecule has 1 aromatic carbocycles. The molecule has 1 N–H and O–H groups in total. The zero-order valence-corrected chi connectivity index (χ0v) is 13.6. The third-order valence-electron chi connectivity index (χ3n) is 3.04. The fourth-order valence-corrected chi connectivity index (χ4v) is 3.68. The average Bonchev–Trinajstić information content (AvgIpc) is 2.91. The standard InChI is InChI=1S/C14H11Cl2N3OS/c1-7-11-6-12(21-14(11)19(2)18-7)13(20)17-10-4-8(15)3-9(16)5-10/h3-6H,1-2H3,(H,17,20). The molecule has 21 heavy (non-hydrogen) atoms. The summed E-state index contributed by atoms with van der Waals surface area (Å²) >= 11 is 13.2. The number of fused-ring (bicyclic) bond motifs is 1. The van der Waals surface area contributed by atoms with Crippen molar-refractivity contribution in [2.45, 2.75) is 6.92 Å². The normalized spacial score (nSPS) is 11.0. The van der Waals surface area contributed by atoms with Gasteiger partial charge in [-0.2, -0.15) is 5.10 Å². The van der Waals surface area contributed by atoms with Crippen LogP contribution in [0.2, 0.25) is 10.0 Å². The van der Waals surface area contributed by atoms with Crippen LogP contribution in [0.15, 0.2) is 24.3 Å². The first kappa shape index (κ1) is 14.4. The zero-order valence-electron chi connectivity index (χ0n) is 11.3. The maximum atomic E-state index is 12.3. The molecule has 0 atom stereocenters. The molecule has 0 fully saturated rings. The largest absolute Gasteiger partial charge is 0.321 e. The van der Waals surface area contributed by atoms with Crippen LogP contribution in [0.5, 0.6) is 0 Å². The molecule has 0 aliphatic rings. The monoisotopic (exact) mass is 339 g/mol. The fourth-order valence-electron chi connectivity index (χ4n) is 2.14. The van der Waals surface area contributed by atoms with Crippen LogP contribution >= 0.6 is 34.5 Å². The van der Waals surface area contributed by atoms with Crippen molar-refractivity contribution in [3.63, 3.8) is 0 Å². The van der Waals surface area contributed by atoms with Crippen LogP contribution in [0.3, 0.4) is 0 Å². The lowest BCUT2D eigenvalue weighted by atomic mass is 10.3. The van der Waals surface area contributed by atoms with Crippen LogP contribution < -0.4 is 5.32 Å². The highest BCUT2D eigenvalue weighted by atomic mass is 35.5. The summed E-state index contributed by atoms with van der Waals surface area (Å²) in [5.74, 6) is -0.186. The summed E-state index contributed by atoms with van der Waals surface area (Å²) in [6, 6.07) is 6.79. The molecule has 1 amide bonds. The number of hydrogen-bond donors (Lipinski definition) is 1. The Morgan fingerprint density at radius 1 is 1.24 bits per heavy atom. The second-order valence-electron chi connectivity index (χ2n) is 4.65. The average molecular weight is 340 g/mol. The topological polar surface area (TPSA) is 46.9 Å². The van der Waals surface area contributed by atoms with Crippen LogP contribution in [-0.2, 0) is 7.05 Å². The summed E-state index contributed by atoms with van der Waals surface area (Å²) in [6.07, 6.45) is 0. The fraction of sp³-hybridized carbons (Fsp3) is 0.143. The molecule has 0 saturated heterocycles. The molecule has 0 saturated carbocycles. The molecule has 7 heteroatoms. The van der Waals surface area contributed by atoms with Gasteiger partial charge in [-0.25, -0.2) is 0 Å². The number of amides is 1. The SMILES string of the molecule is Cc1nn(C)c2sc(C(=O)Nc3cc(Cl)cc(Cl)c3)cc12. The van der Waals surface area contributed by atoms with E-state index in [1.165, 1.54) is 11.3 Å². The first-order valence-electron chi connectivity index (χ1n) is 6.14. The molecule has 0 aliphatic carbocycles. The van der Waals surface area contributed by atoms with Crippen molar-refractivity contribution in [1.29, 1.82) is 0 Å². The van der Waals surface area contributed by atoms with E-state index in [2.05, 4.69) is 10.4 Å². The molecule has 108 valence electrons. The highest BCUT2D eigenvalue weighted by Gasteiger charge is 2.15. The first-order valence-corrected chi connectivity index (χ1v) is 7.72. The highest BCUT2D eigenvalue weighted by Crippen LogP contribution is 2.29. The number of nitrogens with zero attached hydrogens (tertiary/aromatic N) is 2. The van der Waals surface area contributed by atoms with E-state index in [1.54, 1.807) is 22.9 Å². The van der Waals surface area contributed by atoms with Gasteiger partial charge in [-0.15, -0.1) is 11.3 Å². The van der Waals surface area contributed by atoms with Gasteiger partial charge in [-0.05, 0) is 31.2 Å². The summed E-state index contributed by atoms with van der Waals surface area (Å²) in [6.45, 7) is 1.92. The number of aromatic nitrogens is 2. The van der Waals surface area contributed by atoms with Crippen LogP contribution in [0, 0.1) is 6.92 Å². The number of carbonyl (C=O) groups is 1. The van der Waals surface area contributed by atoms with Crippen molar-refractivity contribution in [3.8, 4) is 0 Å². The van der Waals surface area contributed by atoms with Crippen molar-refractivity contribution >= 4 is 56.3 Å². The molecule has 3 aromatic rings. The van der Waals surface area contributed by atoms with Crippen molar-refractivity contribution < 1.29 is 4.79 Å². The lowest BCUT2D eigenvalue weighted by Gasteiger charge is -2.04. The Morgan fingerprint density at radius 3 is 2.52 bits per heavy atom. The van der Waals surface area contributed by atoms with Crippen molar-refractivity contribution in [3.05, 3.63) is 44.9 Å². The minimum Gasteiger partial charge on any atom is -0.321 e.